The van der Waals surface area contributed by atoms with Crippen molar-refractivity contribution in [1.29, 1.82) is 0 Å². The lowest BCUT2D eigenvalue weighted by Gasteiger charge is -2.10. The van der Waals surface area contributed by atoms with E-state index < -0.39 is 0 Å². The largest absolute Gasteiger partial charge is 0.383 e. The van der Waals surface area contributed by atoms with E-state index in [2.05, 4.69) is 18.8 Å². The smallest absolute Gasteiger partial charge is 0.127 e. The highest BCUT2D eigenvalue weighted by atomic mass is 35.5. The van der Waals surface area contributed by atoms with Crippen LogP contribution in [-0.2, 0) is 0 Å². The molecule has 3 heteroatoms. The molecule has 0 unspecified atom stereocenters. The first-order valence-electron chi connectivity index (χ1n) is 4.94. The van der Waals surface area contributed by atoms with Crippen LogP contribution in [-0.4, -0.2) is 4.98 Å². The molecular formula is C12H13ClN2. The van der Waals surface area contributed by atoms with E-state index in [0.29, 0.717) is 11.7 Å². The van der Waals surface area contributed by atoms with Crippen LogP contribution in [0.3, 0.4) is 0 Å². The standard InChI is InChI=1S/C12H13ClN2/c1-7(2)8-6-9-10(13)4-3-5-11(9)15-12(8)14/h3-7H,1-2H3,(H2,14,15). The number of nitrogens with two attached hydrogens (primary N) is 1. The lowest BCUT2D eigenvalue weighted by atomic mass is 10.0. The topological polar surface area (TPSA) is 38.9 Å². The van der Waals surface area contributed by atoms with Gasteiger partial charge in [0.25, 0.3) is 0 Å². The van der Waals surface area contributed by atoms with Crippen molar-refractivity contribution in [2.75, 3.05) is 5.73 Å². The highest BCUT2D eigenvalue weighted by Gasteiger charge is 2.08. The second kappa shape index (κ2) is 3.70. The molecule has 1 aromatic heterocycles. The van der Waals surface area contributed by atoms with Crippen LogP contribution in [0.4, 0.5) is 5.82 Å². The number of anilines is 1. The van der Waals surface area contributed by atoms with Gasteiger partial charge in [-0.1, -0.05) is 31.5 Å². The molecule has 0 saturated carbocycles. The summed E-state index contributed by atoms with van der Waals surface area (Å²) in [6, 6.07) is 7.70. The average molecular weight is 221 g/mol. The Morgan fingerprint density at radius 2 is 2.07 bits per heavy atom. The summed E-state index contributed by atoms with van der Waals surface area (Å²) < 4.78 is 0. The van der Waals surface area contributed by atoms with Gasteiger partial charge in [-0.25, -0.2) is 4.98 Å². The number of halogens is 1. The fourth-order valence-electron chi connectivity index (χ4n) is 1.65. The zero-order valence-electron chi connectivity index (χ0n) is 8.79. The maximum Gasteiger partial charge on any atom is 0.127 e. The Labute approximate surface area is 94.1 Å². The SMILES string of the molecule is CC(C)c1cc2c(Cl)cccc2nc1N. The molecule has 2 N–H and O–H groups in total. The number of aromatic nitrogens is 1. The predicted molar refractivity (Wildman–Crippen MR) is 65.3 cm³/mol. The van der Waals surface area contributed by atoms with Crippen LogP contribution in [0.15, 0.2) is 24.3 Å². The van der Waals surface area contributed by atoms with Crippen molar-refractivity contribution < 1.29 is 0 Å². The summed E-state index contributed by atoms with van der Waals surface area (Å²) in [5.41, 5.74) is 7.79. The number of hydrogen-bond acceptors (Lipinski definition) is 2. The maximum absolute atomic E-state index is 6.11. The summed E-state index contributed by atoms with van der Waals surface area (Å²) in [7, 11) is 0. The molecule has 0 atom stereocenters. The normalized spacial score (nSPS) is 11.2. The second-order valence-corrected chi connectivity index (χ2v) is 4.33. The number of pyridine rings is 1. The predicted octanol–water partition coefficient (Wildman–Crippen LogP) is 3.59. The molecule has 1 heterocycles. The number of rotatable bonds is 1. The zero-order chi connectivity index (χ0) is 11.0. The number of hydrogen-bond donors (Lipinski definition) is 1. The van der Waals surface area contributed by atoms with Gasteiger partial charge >= 0.3 is 0 Å². The lowest BCUT2D eigenvalue weighted by molar-refractivity contribution is 0.866. The van der Waals surface area contributed by atoms with Gasteiger partial charge < -0.3 is 5.73 Å². The fourth-order valence-corrected chi connectivity index (χ4v) is 1.88. The molecule has 0 aliphatic rings. The number of fused-ring (bicyclic) bond motifs is 1. The first-order chi connectivity index (χ1) is 7.09. The van der Waals surface area contributed by atoms with E-state index in [-0.39, 0.29) is 0 Å². The monoisotopic (exact) mass is 220 g/mol. The number of nitrogen functional groups attached to an aromatic ring is 1. The molecule has 2 nitrogen and oxygen atoms in total. The van der Waals surface area contributed by atoms with Crippen LogP contribution in [0.1, 0.15) is 25.3 Å². The van der Waals surface area contributed by atoms with Crippen molar-refractivity contribution >= 4 is 28.3 Å². The quantitative estimate of drug-likeness (QED) is 0.798. The van der Waals surface area contributed by atoms with Crippen molar-refractivity contribution in [3.8, 4) is 0 Å². The highest BCUT2D eigenvalue weighted by Crippen LogP contribution is 2.28. The molecule has 0 aliphatic carbocycles. The van der Waals surface area contributed by atoms with Gasteiger partial charge in [0.15, 0.2) is 0 Å². The Kier molecular flexibility index (Phi) is 2.53. The Bertz CT molecular complexity index is 506. The van der Waals surface area contributed by atoms with E-state index in [1.54, 1.807) is 0 Å². The third-order valence-corrected chi connectivity index (χ3v) is 2.82. The van der Waals surface area contributed by atoms with Gasteiger partial charge in [0.05, 0.1) is 5.52 Å². The first-order valence-corrected chi connectivity index (χ1v) is 5.32. The molecule has 15 heavy (non-hydrogen) atoms. The van der Waals surface area contributed by atoms with Crippen LogP contribution < -0.4 is 5.73 Å². The molecule has 0 bridgehead atoms. The van der Waals surface area contributed by atoms with E-state index in [9.17, 15) is 0 Å². The molecule has 0 amide bonds. The number of nitrogens with zero attached hydrogens (tertiary/aromatic N) is 1. The van der Waals surface area contributed by atoms with Crippen LogP contribution in [0, 0.1) is 0 Å². The lowest BCUT2D eigenvalue weighted by Crippen LogP contribution is -2.00. The van der Waals surface area contributed by atoms with Crippen molar-refractivity contribution in [3.63, 3.8) is 0 Å². The Balaban J connectivity index is 2.78. The Hall–Kier alpha value is -1.28. The van der Waals surface area contributed by atoms with E-state index in [0.717, 1.165) is 21.5 Å². The minimum atomic E-state index is 0.359. The summed E-state index contributed by atoms with van der Waals surface area (Å²) in [6.07, 6.45) is 0. The number of benzene rings is 1. The third-order valence-electron chi connectivity index (χ3n) is 2.49. The van der Waals surface area contributed by atoms with Gasteiger partial charge in [-0.2, -0.15) is 0 Å². The molecular weight excluding hydrogens is 208 g/mol. The van der Waals surface area contributed by atoms with E-state index in [4.69, 9.17) is 17.3 Å². The van der Waals surface area contributed by atoms with Crippen LogP contribution in [0.25, 0.3) is 10.9 Å². The summed E-state index contributed by atoms with van der Waals surface area (Å²) >= 11 is 6.11. The van der Waals surface area contributed by atoms with E-state index >= 15 is 0 Å². The zero-order valence-corrected chi connectivity index (χ0v) is 9.55. The highest BCUT2D eigenvalue weighted by molar-refractivity contribution is 6.35. The molecule has 1 aromatic carbocycles. The van der Waals surface area contributed by atoms with E-state index in [1.165, 1.54) is 0 Å². The van der Waals surface area contributed by atoms with Crippen LogP contribution >= 0.6 is 11.6 Å². The molecule has 78 valence electrons. The average Bonchev–Trinajstić information content (AvgIpc) is 2.16. The summed E-state index contributed by atoms with van der Waals surface area (Å²) in [5, 5.41) is 1.69. The molecule has 0 spiro atoms. The van der Waals surface area contributed by atoms with E-state index in [1.807, 2.05) is 24.3 Å². The first kappa shape index (κ1) is 10.2. The minimum Gasteiger partial charge on any atom is -0.383 e. The summed E-state index contributed by atoms with van der Waals surface area (Å²) in [5.74, 6) is 0.956. The Morgan fingerprint density at radius 3 is 2.73 bits per heavy atom. The molecule has 2 aromatic rings. The van der Waals surface area contributed by atoms with Crippen molar-refractivity contribution in [2.45, 2.75) is 19.8 Å². The fraction of sp³-hybridized carbons (Fsp3) is 0.250. The van der Waals surface area contributed by atoms with Gasteiger partial charge in [0, 0.05) is 10.4 Å². The van der Waals surface area contributed by atoms with Crippen LogP contribution in [0.2, 0.25) is 5.02 Å². The molecule has 0 radical (unpaired) electrons. The Morgan fingerprint density at radius 1 is 1.33 bits per heavy atom. The third kappa shape index (κ3) is 1.77. The maximum atomic E-state index is 6.11. The summed E-state index contributed by atoms with van der Waals surface area (Å²) in [4.78, 5) is 4.35. The summed E-state index contributed by atoms with van der Waals surface area (Å²) in [6.45, 7) is 4.19. The molecule has 0 fully saturated rings. The molecule has 0 saturated heterocycles. The van der Waals surface area contributed by atoms with Crippen LogP contribution in [0.5, 0.6) is 0 Å². The van der Waals surface area contributed by atoms with Gasteiger partial charge in [-0.3, -0.25) is 0 Å². The van der Waals surface area contributed by atoms with Gasteiger partial charge in [-0.05, 0) is 29.7 Å². The van der Waals surface area contributed by atoms with Crippen molar-refractivity contribution in [2.24, 2.45) is 0 Å². The molecule has 2 rings (SSSR count). The van der Waals surface area contributed by atoms with Gasteiger partial charge in [0.2, 0.25) is 0 Å². The minimum absolute atomic E-state index is 0.359. The van der Waals surface area contributed by atoms with Crippen molar-refractivity contribution in [3.05, 3.63) is 34.9 Å². The van der Waals surface area contributed by atoms with Gasteiger partial charge in [-0.15, -0.1) is 0 Å². The molecule has 0 aliphatic heterocycles. The van der Waals surface area contributed by atoms with Crippen molar-refractivity contribution in [1.82, 2.24) is 4.98 Å². The van der Waals surface area contributed by atoms with Gasteiger partial charge in [0.1, 0.15) is 5.82 Å². The second-order valence-electron chi connectivity index (χ2n) is 3.92.